The van der Waals surface area contributed by atoms with E-state index < -0.39 is 0 Å². The zero-order valence-corrected chi connectivity index (χ0v) is 10.6. The predicted molar refractivity (Wildman–Crippen MR) is 69.5 cm³/mol. The summed E-state index contributed by atoms with van der Waals surface area (Å²) in [5, 5.41) is 9.83. The molecule has 0 aromatic heterocycles. The lowest BCUT2D eigenvalue weighted by atomic mass is 10.0. The molecular formula is C15H24O. The highest BCUT2D eigenvalue weighted by Gasteiger charge is 2.05. The summed E-state index contributed by atoms with van der Waals surface area (Å²) >= 11 is 0. The Balaban J connectivity index is 2.47. The van der Waals surface area contributed by atoms with Crippen LogP contribution in [0.1, 0.15) is 63.2 Å². The van der Waals surface area contributed by atoms with Crippen LogP contribution in [0.5, 0.6) is 0 Å². The van der Waals surface area contributed by atoms with Crippen LogP contribution in [0.4, 0.5) is 0 Å². The van der Waals surface area contributed by atoms with Gasteiger partial charge in [-0.2, -0.15) is 0 Å². The van der Waals surface area contributed by atoms with E-state index in [4.69, 9.17) is 0 Å². The van der Waals surface area contributed by atoms with Gasteiger partial charge in [0.1, 0.15) is 0 Å². The van der Waals surface area contributed by atoms with Crippen molar-refractivity contribution in [1.29, 1.82) is 0 Å². The number of aliphatic hydroxyl groups excluding tert-OH is 1. The monoisotopic (exact) mass is 220 g/mol. The molecule has 0 aliphatic carbocycles. The SMILES string of the molecule is CCCCCc1ccc([C@H](O)CCC)cc1. The Hall–Kier alpha value is -0.820. The summed E-state index contributed by atoms with van der Waals surface area (Å²) in [4.78, 5) is 0. The first-order chi connectivity index (χ1) is 7.77. The third-order valence-corrected chi connectivity index (χ3v) is 3.00. The van der Waals surface area contributed by atoms with Crippen LogP contribution in [0.25, 0.3) is 0 Å². The van der Waals surface area contributed by atoms with Gasteiger partial charge < -0.3 is 5.11 Å². The van der Waals surface area contributed by atoms with Gasteiger partial charge in [-0.3, -0.25) is 0 Å². The number of benzene rings is 1. The highest BCUT2D eigenvalue weighted by molar-refractivity contribution is 5.24. The van der Waals surface area contributed by atoms with E-state index in [-0.39, 0.29) is 6.10 Å². The smallest absolute Gasteiger partial charge is 0.0790 e. The van der Waals surface area contributed by atoms with Crippen molar-refractivity contribution in [2.45, 2.75) is 58.5 Å². The van der Waals surface area contributed by atoms with Gasteiger partial charge in [0.2, 0.25) is 0 Å². The van der Waals surface area contributed by atoms with E-state index in [1.807, 2.05) is 0 Å². The second-order valence-corrected chi connectivity index (χ2v) is 4.50. The quantitative estimate of drug-likeness (QED) is 0.681. The van der Waals surface area contributed by atoms with Crippen LogP contribution in [0, 0.1) is 0 Å². The molecule has 0 unspecified atom stereocenters. The molecule has 0 aliphatic rings. The average molecular weight is 220 g/mol. The molecule has 90 valence electrons. The molecule has 1 heteroatoms. The summed E-state index contributed by atoms with van der Waals surface area (Å²) in [6, 6.07) is 8.46. The molecule has 0 spiro atoms. The highest BCUT2D eigenvalue weighted by Crippen LogP contribution is 2.19. The van der Waals surface area contributed by atoms with Gasteiger partial charge in [0.05, 0.1) is 6.10 Å². The van der Waals surface area contributed by atoms with Crippen LogP contribution in [0.3, 0.4) is 0 Å². The van der Waals surface area contributed by atoms with Crippen LogP contribution in [0.15, 0.2) is 24.3 Å². The Kier molecular flexibility index (Phi) is 6.17. The van der Waals surface area contributed by atoms with Gasteiger partial charge >= 0.3 is 0 Å². The number of hydrogen-bond donors (Lipinski definition) is 1. The Morgan fingerprint density at radius 3 is 2.25 bits per heavy atom. The third kappa shape index (κ3) is 4.36. The van der Waals surface area contributed by atoms with E-state index in [1.165, 1.54) is 24.8 Å². The van der Waals surface area contributed by atoms with Gasteiger partial charge in [0, 0.05) is 0 Å². The summed E-state index contributed by atoms with van der Waals surface area (Å²) in [6.07, 6.45) is 6.61. The first-order valence-electron chi connectivity index (χ1n) is 6.54. The van der Waals surface area contributed by atoms with Crippen LogP contribution in [-0.4, -0.2) is 5.11 Å². The van der Waals surface area contributed by atoms with Crippen molar-refractivity contribution < 1.29 is 5.11 Å². The van der Waals surface area contributed by atoms with E-state index in [1.54, 1.807) is 0 Å². The van der Waals surface area contributed by atoms with Gasteiger partial charge in [-0.15, -0.1) is 0 Å². The maximum Gasteiger partial charge on any atom is 0.0790 e. The first kappa shape index (κ1) is 13.2. The van der Waals surface area contributed by atoms with Crippen LogP contribution < -0.4 is 0 Å². The maximum absolute atomic E-state index is 9.83. The number of aliphatic hydroxyl groups is 1. The Bertz CT molecular complexity index is 276. The van der Waals surface area contributed by atoms with Crippen molar-refractivity contribution in [1.82, 2.24) is 0 Å². The fourth-order valence-electron chi connectivity index (χ4n) is 1.93. The van der Waals surface area contributed by atoms with Crippen molar-refractivity contribution in [3.63, 3.8) is 0 Å². The lowest BCUT2D eigenvalue weighted by molar-refractivity contribution is 0.166. The van der Waals surface area contributed by atoms with Gasteiger partial charge in [-0.1, -0.05) is 57.4 Å². The van der Waals surface area contributed by atoms with Gasteiger partial charge in [0.25, 0.3) is 0 Å². The zero-order chi connectivity index (χ0) is 11.8. The number of rotatable bonds is 7. The van der Waals surface area contributed by atoms with Gasteiger partial charge in [-0.05, 0) is 30.4 Å². The molecule has 0 saturated carbocycles. The number of aryl methyl sites for hydroxylation is 1. The number of unbranched alkanes of at least 4 members (excludes halogenated alkanes) is 2. The predicted octanol–water partition coefficient (Wildman–Crippen LogP) is 4.25. The average Bonchev–Trinajstić information content (AvgIpc) is 2.30. The largest absolute Gasteiger partial charge is 0.388 e. The molecule has 1 aromatic rings. The topological polar surface area (TPSA) is 20.2 Å². The van der Waals surface area contributed by atoms with Crippen molar-refractivity contribution in [2.24, 2.45) is 0 Å². The second kappa shape index (κ2) is 7.45. The molecule has 1 rings (SSSR count). The maximum atomic E-state index is 9.83. The standard InChI is InChI=1S/C15H24O/c1-3-5-6-8-13-9-11-14(12-10-13)15(16)7-4-2/h9-12,15-16H,3-8H2,1-2H3/t15-/m1/s1. The molecule has 1 aromatic carbocycles. The fourth-order valence-corrected chi connectivity index (χ4v) is 1.93. The zero-order valence-electron chi connectivity index (χ0n) is 10.6. The van der Waals surface area contributed by atoms with Crippen molar-refractivity contribution in [3.05, 3.63) is 35.4 Å². The van der Waals surface area contributed by atoms with Gasteiger partial charge in [0.15, 0.2) is 0 Å². The van der Waals surface area contributed by atoms with Crippen molar-refractivity contribution in [3.8, 4) is 0 Å². The normalized spacial score (nSPS) is 12.7. The summed E-state index contributed by atoms with van der Waals surface area (Å²) in [5.74, 6) is 0. The van der Waals surface area contributed by atoms with E-state index in [2.05, 4.69) is 38.1 Å². The Morgan fingerprint density at radius 1 is 1.00 bits per heavy atom. The minimum Gasteiger partial charge on any atom is -0.388 e. The molecule has 1 nitrogen and oxygen atoms in total. The summed E-state index contributed by atoms with van der Waals surface area (Å²) < 4.78 is 0. The fraction of sp³-hybridized carbons (Fsp3) is 0.600. The Labute approximate surface area is 99.5 Å². The third-order valence-electron chi connectivity index (χ3n) is 3.00. The summed E-state index contributed by atoms with van der Waals surface area (Å²) in [5.41, 5.74) is 2.45. The molecule has 0 bridgehead atoms. The molecule has 0 fully saturated rings. The van der Waals surface area contributed by atoms with Crippen molar-refractivity contribution >= 4 is 0 Å². The lowest BCUT2D eigenvalue weighted by Crippen LogP contribution is -1.96. The second-order valence-electron chi connectivity index (χ2n) is 4.50. The van der Waals surface area contributed by atoms with E-state index in [0.29, 0.717) is 0 Å². The molecule has 0 heterocycles. The van der Waals surface area contributed by atoms with Crippen molar-refractivity contribution in [2.75, 3.05) is 0 Å². The van der Waals surface area contributed by atoms with Crippen LogP contribution in [-0.2, 0) is 6.42 Å². The molecule has 0 radical (unpaired) electrons. The van der Waals surface area contributed by atoms with Crippen LogP contribution in [0.2, 0.25) is 0 Å². The molecule has 1 N–H and O–H groups in total. The van der Waals surface area contributed by atoms with E-state index >= 15 is 0 Å². The van der Waals surface area contributed by atoms with E-state index in [0.717, 1.165) is 24.8 Å². The summed E-state index contributed by atoms with van der Waals surface area (Å²) in [6.45, 7) is 4.33. The van der Waals surface area contributed by atoms with Gasteiger partial charge in [-0.25, -0.2) is 0 Å². The van der Waals surface area contributed by atoms with Crippen LogP contribution >= 0.6 is 0 Å². The highest BCUT2D eigenvalue weighted by atomic mass is 16.3. The molecule has 0 aliphatic heterocycles. The molecular weight excluding hydrogens is 196 g/mol. The summed E-state index contributed by atoms with van der Waals surface area (Å²) in [7, 11) is 0. The Morgan fingerprint density at radius 2 is 1.69 bits per heavy atom. The van der Waals surface area contributed by atoms with E-state index in [9.17, 15) is 5.11 Å². The molecule has 0 amide bonds. The first-order valence-corrected chi connectivity index (χ1v) is 6.54. The number of hydrogen-bond acceptors (Lipinski definition) is 1. The lowest BCUT2D eigenvalue weighted by Gasteiger charge is -2.10. The molecule has 0 saturated heterocycles. The minimum atomic E-state index is -0.283. The molecule has 16 heavy (non-hydrogen) atoms. The minimum absolute atomic E-state index is 0.283. The molecule has 1 atom stereocenters.